The van der Waals surface area contributed by atoms with Crippen molar-refractivity contribution in [3.05, 3.63) is 66.7 Å². The number of nitrogen functional groups attached to an aromatic ring is 1. The van der Waals surface area contributed by atoms with Gasteiger partial charge in [-0.15, -0.1) is 6.58 Å². The molecule has 0 atom stereocenters. The highest BCUT2D eigenvalue weighted by Gasteiger charge is 2.24. The molecule has 0 bridgehead atoms. The molecule has 2 aromatic heterocycles. The lowest BCUT2D eigenvalue weighted by Crippen LogP contribution is -2.36. The van der Waals surface area contributed by atoms with E-state index in [0.29, 0.717) is 34.6 Å². The zero-order valence-electron chi connectivity index (χ0n) is 17.6. The number of nitrogens with two attached hydrogens (primary N) is 1. The Labute approximate surface area is 185 Å². The predicted octanol–water partition coefficient (Wildman–Crippen LogP) is 2.91. The van der Waals surface area contributed by atoms with Crippen LogP contribution < -0.4 is 16.0 Å². The summed E-state index contributed by atoms with van der Waals surface area (Å²) in [7, 11) is 0. The Morgan fingerprint density at radius 3 is 2.41 bits per heavy atom. The molecule has 3 heterocycles. The molecule has 1 aliphatic heterocycles. The van der Waals surface area contributed by atoms with E-state index in [0.717, 1.165) is 43.2 Å². The van der Waals surface area contributed by atoms with Crippen LogP contribution in [0.3, 0.4) is 0 Å². The molecule has 0 radical (unpaired) electrons. The normalized spacial score (nSPS) is 14.1. The number of nitrogens with one attached hydrogen (secondary N) is 1. The summed E-state index contributed by atoms with van der Waals surface area (Å²) in [6.07, 6.45) is 1.62. The maximum absolute atomic E-state index is 12.9. The van der Waals surface area contributed by atoms with Gasteiger partial charge in [0.15, 0.2) is 5.65 Å². The molecule has 3 N–H and O–H groups in total. The van der Waals surface area contributed by atoms with E-state index in [1.807, 2.05) is 36.4 Å². The van der Waals surface area contributed by atoms with E-state index in [4.69, 9.17) is 20.4 Å². The summed E-state index contributed by atoms with van der Waals surface area (Å²) in [5, 5.41) is 2.81. The van der Waals surface area contributed by atoms with E-state index < -0.39 is 0 Å². The maximum Gasteiger partial charge on any atom is 0.257 e. The Morgan fingerprint density at radius 2 is 1.72 bits per heavy atom. The summed E-state index contributed by atoms with van der Waals surface area (Å²) < 4.78 is 7.24. The number of fused-ring (bicyclic) bond motifs is 2. The Kier molecular flexibility index (Phi) is 5.20. The minimum Gasteiger partial charge on any atom is -0.384 e. The Balaban J connectivity index is 1.66. The number of anilines is 2. The molecule has 1 amide bonds. The summed E-state index contributed by atoms with van der Waals surface area (Å²) in [5.74, 6) is -0.00309. The summed E-state index contributed by atoms with van der Waals surface area (Å²) >= 11 is 0. The number of hydrogen-bond acceptors (Lipinski definition) is 6. The van der Waals surface area contributed by atoms with Gasteiger partial charge in [0.25, 0.3) is 5.91 Å². The molecule has 162 valence electrons. The van der Waals surface area contributed by atoms with Crippen molar-refractivity contribution in [2.75, 3.05) is 43.5 Å². The number of amides is 1. The number of morpholine rings is 1. The van der Waals surface area contributed by atoms with Crippen molar-refractivity contribution in [2.24, 2.45) is 0 Å². The molecule has 8 nitrogen and oxygen atoms in total. The third-order valence-corrected chi connectivity index (χ3v) is 5.62. The zero-order chi connectivity index (χ0) is 22.1. The summed E-state index contributed by atoms with van der Waals surface area (Å²) in [5.41, 5.74) is 11.2. The van der Waals surface area contributed by atoms with Crippen LogP contribution in [0.4, 0.5) is 11.5 Å². The van der Waals surface area contributed by atoms with Crippen molar-refractivity contribution in [3.8, 4) is 5.69 Å². The molecule has 5 rings (SSSR count). The Bertz CT molecular complexity index is 1310. The SMILES string of the molecule is C=CCNC(=O)c1c(N)n(-c2ccc(N3CCOCC3)cc2)c2nc3ccccc3nc12. The van der Waals surface area contributed by atoms with Gasteiger partial charge < -0.3 is 20.7 Å². The lowest BCUT2D eigenvalue weighted by Gasteiger charge is -2.29. The van der Waals surface area contributed by atoms with Gasteiger partial charge >= 0.3 is 0 Å². The second kappa shape index (κ2) is 8.32. The van der Waals surface area contributed by atoms with Crippen LogP contribution in [0.5, 0.6) is 0 Å². The zero-order valence-corrected chi connectivity index (χ0v) is 17.6. The molecule has 0 unspecified atom stereocenters. The fraction of sp³-hybridized carbons (Fsp3) is 0.208. The van der Waals surface area contributed by atoms with Crippen LogP contribution in [0.1, 0.15) is 10.4 Å². The third-order valence-electron chi connectivity index (χ3n) is 5.62. The molecule has 2 aromatic carbocycles. The van der Waals surface area contributed by atoms with Crippen molar-refractivity contribution >= 4 is 39.6 Å². The van der Waals surface area contributed by atoms with E-state index in [9.17, 15) is 4.79 Å². The minimum absolute atomic E-state index is 0.302. The van der Waals surface area contributed by atoms with Crippen LogP contribution in [0.15, 0.2) is 61.2 Å². The summed E-state index contributed by atoms with van der Waals surface area (Å²) in [4.78, 5) is 24.8. The molecule has 0 aliphatic carbocycles. The smallest absolute Gasteiger partial charge is 0.257 e. The fourth-order valence-corrected chi connectivity index (χ4v) is 4.03. The first kappa shape index (κ1) is 20.0. The molecule has 0 saturated carbocycles. The van der Waals surface area contributed by atoms with E-state index >= 15 is 0 Å². The lowest BCUT2D eigenvalue weighted by molar-refractivity contribution is 0.0960. The summed E-state index contributed by atoms with van der Waals surface area (Å²) in [6.45, 7) is 7.16. The summed E-state index contributed by atoms with van der Waals surface area (Å²) in [6, 6.07) is 15.7. The van der Waals surface area contributed by atoms with Gasteiger partial charge in [0.2, 0.25) is 0 Å². The largest absolute Gasteiger partial charge is 0.384 e. The van der Waals surface area contributed by atoms with E-state index in [1.165, 1.54) is 0 Å². The molecular formula is C24H24N6O2. The highest BCUT2D eigenvalue weighted by Crippen LogP contribution is 2.31. The number of rotatable bonds is 5. The van der Waals surface area contributed by atoms with Crippen LogP contribution in [0.25, 0.3) is 27.9 Å². The van der Waals surface area contributed by atoms with Crippen molar-refractivity contribution in [1.82, 2.24) is 19.9 Å². The molecule has 32 heavy (non-hydrogen) atoms. The molecule has 8 heteroatoms. The van der Waals surface area contributed by atoms with Crippen LogP contribution >= 0.6 is 0 Å². The van der Waals surface area contributed by atoms with Crippen LogP contribution in [-0.4, -0.2) is 53.3 Å². The number of nitrogens with zero attached hydrogens (tertiary/aromatic N) is 4. The van der Waals surface area contributed by atoms with E-state index in [-0.39, 0.29) is 5.91 Å². The number of para-hydroxylation sites is 2. The van der Waals surface area contributed by atoms with Crippen molar-refractivity contribution in [2.45, 2.75) is 0 Å². The third kappa shape index (κ3) is 3.44. The second-order valence-electron chi connectivity index (χ2n) is 7.59. The van der Waals surface area contributed by atoms with E-state index in [2.05, 4.69) is 28.9 Å². The van der Waals surface area contributed by atoms with Crippen molar-refractivity contribution in [3.63, 3.8) is 0 Å². The highest BCUT2D eigenvalue weighted by molar-refractivity contribution is 6.11. The fourth-order valence-electron chi connectivity index (χ4n) is 4.03. The second-order valence-corrected chi connectivity index (χ2v) is 7.59. The minimum atomic E-state index is -0.305. The van der Waals surface area contributed by atoms with E-state index in [1.54, 1.807) is 10.6 Å². The monoisotopic (exact) mass is 428 g/mol. The number of carbonyl (C=O) groups is 1. The first-order valence-electron chi connectivity index (χ1n) is 10.6. The molecule has 0 spiro atoms. The molecule has 1 aliphatic rings. The molecular weight excluding hydrogens is 404 g/mol. The van der Waals surface area contributed by atoms with Gasteiger partial charge in [-0.3, -0.25) is 9.36 Å². The first-order valence-corrected chi connectivity index (χ1v) is 10.6. The van der Waals surface area contributed by atoms with Crippen LogP contribution in [0.2, 0.25) is 0 Å². The predicted molar refractivity (Wildman–Crippen MR) is 126 cm³/mol. The number of hydrogen-bond donors (Lipinski definition) is 2. The first-order chi connectivity index (χ1) is 15.7. The van der Waals surface area contributed by atoms with Crippen LogP contribution in [0, 0.1) is 0 Å². The van der Waals surface area contributed by atoms with Gasteiger partial charge in [-0.1, -0.05) is 18.2 Å². The van der Waals surface area contributed by atoms with Gasteiger partial charge in [-0.2, -0.15) is 0 Å². The Hall–Kier alpha value is -3.91. The highest BCUT2D eigenvalue weighted by atomic mass is 16.5. The van der Waals surface area contributed by atoms with Gasteiger partial charge in [0.1, 0.15) is 16.9 Å². The van der Waals surface area contributed by atoms with Gasteiger partial charge in [0, 0.05) is 31.0 Å². The number of carbonyl (C=O) groups excluding carboxylic acids is 1. The standard InChI is InChI=1S/C24H24N6O2/c1-2-11-26-24(31)20-21-23(28-19-6-4-3-5-18(19)27-21)30(22(20)25)17-9-7-16(8-10-17)29-12-14-32-15-13-29/h2-10H,1,11-15,25H2,(H,26,31). The molecule has 1 fully saturated rings. The van der Waals surface area contributed by atoms with Gasteiger partial charge in [-0.25, -0.2) is 9.97 Å². The number of aromatic nitrogens is 3. The Morgan fingerprint density at radius 1 is 1.06 bits per heavy atom. The van der Waals surface area contributed by atoms with Gasteiger partial charge in [0.05, 0.1) is 24.2 Å². The van der Waals surface area contributed by atoms with Crippen molar-refractivity contribution < 1.29 is 9.53 Å². The van der Waals surface area contributed by atoms with Crippen molar-refractivity contribution in [1.29, 1.82) is 0 Å². The molecule has 1 saturated heterocycles. The number of ether oxygens (including phenoxy) is 1. The van der Waals surface area contributed by atoms with Crippen LogP contribution in [-0.2, 0) is 4.74 Å². The average molecular weight is 428 g/mol. The molecule has 4 aromatic rings. The quantitative estimate of drug-likeness (QED) is 0.475. The van der Waals surface area contributed by atoms with Gasteiger partial charge in [-0.05, 0) is 36.4 Å². The average Bonchev–Trinajstić information content (AvgIpc) is 3.12. The topological polar surface area (TPSA) is 98.3 Å². The number of benzene rings is 2. The maximum atomic E-state index is 12.9. The lowest BCUT2D eigenvalue weighted by atomic mass is 10.2.